The van der Waals surface area contributed by atoms with Crippen LogP contribution in [0.3, 0.4) is 0 Å². The molecule has 0 atom stereocenters. The number of nitrogens with zero attached hydrogens (tertiary/aromatic N) is 2. The van der Waals surface area contributed by atoms with Crippen LogP contribution in [0.15, 0.2) is 28.3 Å². The molecule has 2 rings (SSSR count). The largest absolute Gasteiger partial charge is 0.497 e. The number of benzene rings is 1. The van der Waals surface area contributed by atoms with Gasteiger partial charge in [-0.1, -0.05) is 11.8 Å². The van der Waals surface area contributed by atoms with E-state index in [0.717, 1.165) is 0 Å². The first-order valence-electron chi connectivity index (χ1n) is 6.70. The van der Waals surface area contributed by atoms with Gasteiger partial charge in [0.1, 0.15) is 22.2 Å². The SMILES string of the molecule is COc1ccc(OC)c(S(=O)(=O)NCCSc2n[nH]c(C)n2)c1. The zero-order valence-corrected chi connectivity index (χ0v) is 14.6. The number of aromatic nitrogens is 3. The average Bonchev–Trinajstić information content (AvgIpc) is 2.96. The lowest BCUT2D eigenvalue weighted by Gasteiger charge is -2.11. The molecule has 0 spiro atoms. The van der Waals surface area contributed by atoms with Crippen molar-refractivity contribution in [3.63, 3.8) is 0 Å². The van der Waals surface area contributed by atoms with Crippen LogP contribution >= 0.6 is 11.8 Å². The number of hydrogen-bond acceptors (Lipinski definition) is 7. The van der Waals surface area contributed by atoms with Crippen molar-refractivity contribution >= 4 is 21.8 Å². The first-order chi connectivity index (χ1) is 11.0. The molecule has 1 aromatic heterocycles. The molecular weight excluding hydrogens is 340 g/mol. The maximum absolute atomic E-state index is 12.4. The highest BCUT2D eigenvalue weighted by atomic mass is 32.2. The van der Waals surface area contributed by atoms with Crippen molar-refractivity contribution < 1.29 is 17.9 Å². The minimum atomic E-state index is -3.70. The maximum atomic E-state index is 12.4. The molecule has 0 saturated carbocycles. The second-order valence-corrected chi connectivity index (χ2v) is 7.26. The Morgan fingerprint density at radius 2 is 2.09 bits per heavy atom. The van der Waals surface area contributed by atoms with Crippen molar-refractivity contribution in [2.45, 2.75) is 17.0 Å². The summed E-state index contributed by atoms with van der Waals surface area (Å²) in [6.45, 7) is 2.04. The second kappa shape index (κ2) is 7.66. The fourth-order valence-electron chi connectivity index (χ4n) is 1.78. The Morgan fingerprint density at radius 3 is 2.70 bits per heavy atom. The van der Waals surface area contributed by atoms with Crippen LogP contribution in [0.25, 0.3) is 0 Å². The third kappa shape index (κ3) is 4.60. The van der Waals surface area contributed by atoms with E-state index in [-0.39, 0.29) is 17.2 Å². The third-order valence-corrected chi connectivity index (χ3v) is 5.19. The topological polar surface area (TPSA) is 106 Å². The van der Waals surface area contributed by atoms with E-state index in [0.29, 0.717) is 22.5 Å². The van der Waals surface area contributed by atoms with Crippen molar-refractivity contribution in [2.24, 2.45) is 0 Å². The van der Waals surface area contributed by atoms with Gasteiger partial charge in [0.05, 0.1) is 14.2 Å². The molecule has 0 amide bonds. The molecular formula is C13H18N4O4S2. The summed E-state index contributed by atoms with van der Waals surface area (Å²) in [4.78, 5) is 4.18. The normalized spacial score (nSPS) is 11.4. The highest BCUT2D eigenvalue weighted by molar-refractivity contribution is 7.99. The van der Waals surface area contributed by atoms with Crippen LogP contribution in [0, 0.1) is 6.92 Å². The van der Waals surface area contributed by atoms with E-state index in [9.17, 15) is 8.42 Å². The van der Waals surface area contributed by atoms with Crippen LogP contribution in [0.4, 0.5) is 0 Å². The number of thioether (sulfide) groups is 1. The Kier molecular flexibility index (Phi) is 5.85. The van der Waals surface area contributed by atoms with Crippen molar-refractivity contribution in [2.75, 3.05) is 26.5 Å². The lowest BCUT2D eigenvalue weighted by atomic mass is 10.3. The Bertz CT molecular complexity index is 761. The molecule has 10 heteroatoms. The average molecular weight is 358 g/mol. The van der Waals surface area contributed by atoms with E-state index in [1.54, 1.807) is 19.1 Å². The number of hydrogen-bond donors (Lipinski definition) is 2. The Labute approximate surface area is 139 Å². The van der Waals surface area contributed by atoms with E-state index in [2.05, 4.69) is 19.9 Å². The summed E-state index contributed by atoms with van der Waals surface area (Å²) in [6, 6.07) is 4.62. The fourth-order valence-corrected chi connectivity index (χ4v) is 3.82. The maximum Gasteiger partial charge on any atom is 0.244 e. The smallest absolute Gasteiger partial charge is 0.244 e. The molecule has 1 heterocycles. The van der Waals surface area contributed by atoms with Gasteiger partial charge in [-0.2, -0.15) is 0 Å². The van der Waals surface area contributed by atoms with E-state index >= 15 is 0 Å². The summed E-state index contributed by atoms with van der Waals surface area (Å²) in [5, 5.41) is 7.28. The van der Waals surface area contributed by atoms with Gasteiger partial charge in [-0.15, -0.1) is 5.10 Å². The Balaban J connectivity index is 2.01. The lowest BCUT2D eigenvalue weighted by molar-refractivity contribution is 0.392. The van der Waals surface area contributed by atoms with Crippen molar-refractivity contribution in [3.8, 4) is 11.5 Å². The number of aryl methyl sites for hydroxylation is 1. The number of aromatic amines is 1. The minimum Gasteiger partial charge on any atom is -0.497 e. The molecule has 0 radical (unpaired) electrons. The quantitative estimate of drug-likeness (QED) is 0.539. The number of sulfonamides is 1. The molecule has 23 heavy (non-hydrogen) atoms. The van der Waals surface area contributed by atoms with Crippen molar-refractivity contribution in [3.05, 3.63) is 24.0 Å². The summed E-state index contributed by atoms with van der Waals surface area (Å²) < 4.78 is 37.5. The van der Waals surface area contributed by atoms with Crippen molar-refractivity contribution in [1.29, 1.82) is 0 Å². The third-order valence-electron chi connectivity index (χ3n) is 2.86. The van der Waals surface area contributed by atoms with Crippen molar-refractivity contribution in [1.82, 2.24) is 19.9 Å². The first kappa shape index (κ1) is 17.6. The van der Waals surface area contributed by atoms with Gasteiger partial charge >= 0.3 is 0 Å². The Hall–Kier alpha value is -1.78. The van der Waals surface area contributed by atoms with Crippen LogP contribution < -0.4 is 14.2 Å². The molecule has 2 N–H and O–H groups in total. The van der Waals surface area contributed by atoms with Gasteiger partial charge < -0.3 is 9.47 Å². The minimum absolute atomic E-state index is 0.0399. The summed E-state index contributed by atoms with van der Waals surface area (Å²) in [7, 11) is -0.810. The van der Waals surface area contributed by atoms with Gasteiger partial charge in [0, 0.05) is 18.4 Å². The number of rotatable bonds is 8. The Morgan fingerprint density at radius 1 is 1.30 bits per heavy atom. The molecule has 0 bridgehead atoms. The van der Waals surface area contributed by atoms with Crippen LogP contribution in [0.5, 0.6) is 11.5 Å². The first-order valence-corrected chi connectivity index (χ1v) is 9.16. The second-order valence-electron chi connectivity index (χ2n) is 4.47. The van der Waals surface area contributed by atoms with E-state index in [1.807, 2.05) is 0 Å². The molecule has 1 aromatic carbocycles. The van der Waals surface area contributed by atoms with Gasteiger partial charge in [-0.3, -0.25) is 5.10 Å². The predicted molar refractivity (Wildman–Crippen MR) is 86.6 cm³/mol. The van der Waals surface area contributed by atoms with Gasteiger partial charge in [0.2, 0.25) is 15.2 Å². The highest BCUT2D eigenvalue weighted by Crippen LogP contribution is 2.28. The molecule has 0 fully saturated rings. The summed E-state index contributed by atoms with van der Waals surface area (Å²) in [6.07, 6.45) is 0. The van der Waals surface area contributed by atoms with Crippen LogP contribution in [-0.4, -0.2) is 50.1 Å². The molecule has 2 aromatic rings. The summed E-state index contributed by atoms with van der Waals surface area (Å²) >= 11 is 1.36. The molecule has 126 valence electrons. The van der Waals surface area contributed by atoms with Gasteiger partial charge in [-0.05, 0) is 19.1 Å². The number of ether oxygens (including phenoxy) is 2. The van der Waals surface area contributed by atoms with Crippen LogP contribution in [0.1, 0.15) is 5.82 Å². The number of H-pyrrole nitrogens is 1. The van der Waals surface area contributed by atoms with Gasteiger partial charge in [0.15, 0.2) is 0 Å². The van der Waals surface area contributed by atoms with E-state index in [1.165, 1.54) is 32.0 Å². The molecule has 0 unspecified atom stereocenters. The molecule has 0 aliphatic rings. The summed E-state index contributed by atoms with van der Waals surface area (Å²) in [5.74, 6) is 1.92. The van der Waals surface area contributed by atoms with Gasteiger partial charge in [0.25, 0.3) is 0 Å². The predicted octanol–water partition coefficient (Wildman–Crippen LogP) is 1.20. The van der Waals surface area contributed by atoms with Crippen LogP contribution in [0.2, 0.25) is 0 Å². The lowest BCUT2D eigenvalue weighted by Crippen LogP contribution is -2.26. The van der Waals surface area contributed by atoms with Crippen LogP contribution in [-0.2, 0) is 10.0 Å². The summed E-state index contributed by atoms with van der Waals surface area (Å²) in [5.41, 5.74) is 0. The molecule has 8 nitrogen and oxygen atoms in total. The molecule has 0 saturated heterocycles. The number of nitrogens with one attached hydrogen (secondary N) is 2. The molecule has 0 aliphatic carbocycles. The zero-order valence-electron chi connectivity index (χ0n) is 13.0. The standard InChI is InChI=1S/C13H18N4O4S2/c1-9-15-13(17-16-9)22-7-6-14-23(18,19)12-8-10(20-2)4-5-11(12)21-3/h4-5,8,14H,6-7H2,1-3H3,(H,15,16,17). The zero-order chi connectivity index (χ0) is 16.9. The van der Waals surface area contributed by atoms with Gasteiger partial charge in [-0.25, -0.2) is 18.1 Å². The number of methoxy groups -OCH3 is 2. The molecule has 0 aliphatic heterocycles. The highest BCUT2D eigenvalue weighted by Gasteiger charge is 2.20. The van der Waals surface area contributed by atoms with E-state index in [4.69, 9.17) is 9.47 Å². The fraction of sp³-hybridized carbons (Fsp3) is 0.385. The monoisotopic (exact) mass is 358 g/mol. The van der Waals surface area contributed by atoms with E-state index < -0.39 is 10.0 Å².